The molecule has 1 atom stereocenters. The number of esters is 1. The van der Waals surface area contributed by atoms with Crippen molar-refractivity contribution in [2.45, 2.75) is 31.9 Å². The van der Waals surface area contributed by atoms with Crippen LogP contribution in [0.15, 0.2) is 48.8 Å². The number of nitrogens with zero attached hydrogens (tertiary/aromatic N) is 6. The maximum absolute atomic E-state index is 12.8. The zero-order valence-corrected chi connectivity index (χ0v) is 16.3. The predicted octanol–water partition coefficient (Wildman–Crippen LogP) is 2.09. The van der Waals surface area contributed by atoms with Gasteiger partial charge >= 0.3 is 5.97 Å². The van der Waals surface area contributed by atoms with Crippen molar-refractivity contribution in [3.63, 3.8) is 0 Å². The van der Waals surface area contributed by atoms with E-state index in [1.807, 2.05) is 35.2 Å². The molecule has 30 heavy (non-hydrogen) atoms. The number of anilines is 4. The van der Waals surface area contributed by atoms with Crippen LogP contribution in [0.25, 0.3) is 0 Å². The van der Waals surface area contributed by atoms with Crippen LogP contribution in [0.4, 0.5) is 23.5 Å². The molecule has 3 N–H and O–H groups in total. The van der Waals surface area contributed by atoms with Gasteiger partial charge in [-0.3, -0.25) is 0 Å². The van der Waals surface area contributed by atoms with E-state index in [-0.39, 0.29) is 30.3 Å². The van der Waals surface area contributed by atoms with Crippen LogP contribution in [0.3, 0.4) is 0 Å². The van der Waals surface area contributed by atoms with E-state index in [9.17, 15) is 4.79 Å². The van der Waals surface area contributed by atoms with Crippen molar-refractivity contribution in [3.8, 4) is 0 Å². The third-order valence-corrected chi connectivity index (χ3v) is 4.66. The molecule has 4 rings (SSSR count). The van der Waals surface area contributed by atoms with Gasteiger partial charge in [0.25, 0.3) is 0 Å². The molecule has 0 amide bonds. The fourth-order valence-electron chi connectivity index (χ4n) is 3.30. The molecule has 3 aromatic rings. The highest BCUT2D eigenvalue weighted by atomic mass is 16.5. The molecule has 1 fully saturated rings. The normalized spacial score (nSPS) is 16.1. The van der Waals surface area contributed by atoms with E-state index in [0.29, 0.717) is 18.9 Å². The summed E-state index contributed by atoms with van der Waals surface area (Å²) < 4.78 is 5.51. The number of nitrogens with two attached hydrogens (primary N) is 1. The number of nitrogen functional groups attached to an aromatic ring is 1. The van der Waals surface area contributed by atoms with Crippen molar-refractivity contribution in [2.24, 2.45) is 0 Å². The first kappa shape index (κ1) is 19.5. The second kappa shape index (κ2) is 9.12. The molecule has 0 bridgehead atoms. The summed E-state index contributed by atoms with van der Waals surface area (Å²) in [6, 6.07) is 10.7. The van der Waals surface area contributed by atoms with E-state index in [1.165, 1.54) is 0 Å². The first-order valence-corrected chi connectivity index (χ1v) is 9.72. The van der Waals surface area contributed by atoms with Gasteiger partial charge in [0.05, 0.1) is 0 Å². The Morgan fingerprint density at radius 3 is 2.70 bits per heavy atom. The molecule has 0 radical (unpaired) electrons. The van der Waals surface area contributed by atoms with Gasteiger partial charge in [-0.2, -0.15) is 15.0 Å². The number of rotatable bonds is 6. The lowest BCUT2D eigenvalue weighted by Gasteiger charge is -2.33. The number of nitrogens with one attached hydrogen (secondary N) is 1. The van der Waals surface area contributed by atoms with E-state index in [0.717, 1.165) is 18.5 Å². The van der Waals surface area contributed by atoms with Crippen molar-refractivity contribution < 1.29 is 9.53 Å². The van der Waals surface area contributed by atoms with Crippen LogP contribution in [0, 0.1) is 0 Å². The molecule has 10 heteroatoms. The smallest absolute Gasteiger partial charge is 0.329 e. The number of piperidine rings is 1. The standard InChI is InChI=1S/C20H22N8O2/c21-18-25-16(26-19(27-18)24-14-7-2-1-3-8-14)13-30-17(29)15-9-4-5-12-28(15)20-22-10-6-11-23-20/h1-3,6-8,10-11,15H,4-5,9,12-13H2,(H3,21,24,25,26,27). The molecule has 3 heterocycles. The number of carbonyl (C=O) groups excluding carboxylic acids is 1. The highest BCUT2D eigenvalue weighted by Gasteiger charge is 2.31. The second-order valence-electron chi connectivity index (χ2n) is 6.79. The molecule has 0 aliphatic carbocycles. The van der Waals surface area contributed by atoms with Gasteiger partial charge in [-0.1, -0.05) is 18.2 Å². The van der Waals surface area contributed by atoms with Crippen LogP contribution in [0.1, 0.15) is 25.1 Å². The number of carbonyl (C=O) groups is 1. The number of hydrogen-bond donors (Lipinski definition) is 2. The molecular weight excluding hydrogens is 384 g/mol. The zero-order valence-electron chi connectivity index (χ0n) is 16.3. The quantitative estimate of drug-likeness (QED) is 0.586. The van der Waals surface area contributed by atoms with Crippen molar-refractivity contribution >= 4 is 29.5 Å². The van der Waals surface area contributed by atoms with Gasteiger partial charge in [0.2, 0.25) is 17.8 Å². The first-order valence-electron chi connectivity index (χ1n) is 9.72. The van der Waals surface area contributed by atoms with E-state index < -0.39 is 6.04 Å². The van der Waals surface area contributed by atoms with Crippen LogP contribution in [-0.4, -0.2) is 43.5 Å². The molecule has 0 spiro atoms. The number of aromatic nitrogens is 5. The molecule has 2 aromatic heterocycles. The third-order valence-electron chi connectivity index (χ3n) is 4.66. The number of hydrogen-bond acceptors (Lipinski definition) is 10. The molecule has 1 saturated heterocycles. The maximum Gasteiger partial charge on any atom is 0.329 e. The summed E-state index contributed by atoms with van der Waals surface area (Å²) >= 11 is 0. The summed E-state index contributed by atoms with van der Waals surface area (Å²) in [6.45, 7) is 0.600. The minimum Gasteiger partial charge on any atom is -0.456 e. The monoisotopic (exact) mass is 406 g/mol. The Morgan fingerprint density at radius 1 is 1.10 bits per heavy atom. The fourth-order valence-corrected chi connectivity index (χ4v) is 3.30. The molecule has 1 aromatic carbocycles. The molecule has 1 aliphatic rings. The molecule has 0 saturated carbocycles. The molecular formula is C20H22N8O2. The van der Waals surface area contributed by atoms with Gasteiger partial charge in [-0.15, -0.1) is 0 Å². The Hall–Kier alpha value is -3.82. The molecule has 1 aliphatic heterocycles. The fraction of sp³-hybridized carbons (Fsp3) is 0.300. The van der Waals surface area contributed by atoms with Crippen LogP contribution >= 0.6 is 0 Å². The minimum atomic E-state index is -0.442. The maximum atomic E-state index is 12.8. The summed E-state index contributed by atoms with van der Waals surface area (Å²) in [7, 11) is 0. The number of ether oxygens (including phenoxy) is 1. The van der Waals surface area contributed by atoms with Gasteiger partial charge in [0, 0.05) is 24.6 Å². The Kier molecular flexibility index (Phi) is 5.93. The molecule has 1 unspecified atom stereocenters. The van der Waals surface area contributed by atoms with Crippen LogP contribution in [0.5, 0.6) is 0 Å². The first-order chi connectivity index (χ1) is 14.7. The van der Waals surface area contributed by atoms with Crippen LogP contribution in [0.2, 0.25) is 0 Å². The highest BCUT2D eigenvalue weighted by Crippen LogP contribution is 2.22. The van der Waals surface area contributed by atoms with Gasteiger partial charge in [-0.25, -0.2) is 14.8 Å². The van der Waals surface area contributed by atoms with Gasteiger partial charge in [0.1, 0.15) is 6.04 Å². The lowest BCUT2D eigenvalue weighted by molar-refractivity contribution is -0.147. The number of benzene rings is 1. The van der Waals surface area contributed by atoms with E-state index in [4.69, 9.17) is 10.5 Å². The van der Waals surface area contributed by atoms with Gasteiger partial charge < -0.3 is 20.7 Å². The Labute approximate surface area is 173 Å². The lowest BCUT2D eigenvalue weighted by Crippen LogP contribution is -2.46. The Morgan fingerprint density at radius 2 is 1.90 bits per heavy atom. The van der Waals surface area contributed by atoms with E-state index in [2.05, 4.69) is 30.2 Å². The summed E-state index contributed by atoms with van der Waals surface area (Å²) in [5.74, 6) is 0.771. The Bertz CT molecular complexity index is 987. The molecule has 154 valence electrons. The van der Waals surface area contributed by atoms with Crippen LogP contribution in [-0.2, 0) is 16.1 Å². The van der Waals surface area contributed by atoms with Crippen molar-refractivity contribution in [2.75, 3.05) is 22.5 Å². The lowest BCUT2D eigenvalue weighted by atomic mass is 10.0. The Balaban J connectivity index is 1.43. The summed E-state index contributed by atoms with van der Waals surface area (Å²) in [5.41, 5.74) is 6.60. The highest BCUT2D eigenvalue weighted by molar-refractivity contribution is 5.79. The predicted molar refractivity (Wildman–Crippen MR) is 111 cm³/mol. The largest absolute Gasteiger partial charge is 0.456 e. The van der Waals surface area contributed by atoms with Crippen molar-refractivity contribution in [1.29, 1.82) is 0 Å². The van der Waals surface area contributed by atoms with E-state index in [1.54, 1.807) is 18.5 Å². The summed E-state index contributed by atoms with van der Waals surface area (Å²) in [6.07, 6.45) is 5.91. The topological polar surface area (TPSA) is 132 Å². The van der Waals surface area contributed by atoms with Crippen molar-refractivity contribution in [1.82, 2.24) is 24.9 Å². The van der Waals surface area contributed by atoms with Crippen molar-refractivity contribution in [3.05, 3.63) is 54.6 Å². The van der Waals surface area contributed by atoms with Gasteiger partial charge in [0.15, 0.2) is 12.4 Å². The second-order valence-corrected chi connectivity index (χ2v) is 6.79. The summed E-state index contributed by atoms with van der Waals surface area (Å²) in [5, 5.41) is 3.06. The van der Waals surface area contributed by atoms with Crippen LogP contribution < -0.4 is 16.0 Å². The zero-order chi connectivity index (χ0) is 20.8. The third kappa shape index (κ3) is 4.77. The average Bonchev–Trinajstić information content (AvgIpc) is 2.78. The summed E-state index contributed by atoms with van der Waals surface area (Å²) in [4.78, 5) is 35.6. The SMILES string of the molecule is Nc1nc(COC(=O)C2CCCCN2c2ncccn2)nc(Nc2ccccc2)n1. The van der Waals surface area contributed by atoms with Gasteiger partial charge in [-0.05, 0) is 37.5 Å². The van der Waals surface area contributed by atoms with E-state index >= 15 is 0 Å². The average molecular weight is 406 g/mol. The minimum absolute atomic E-state index is 0.0476. The number of para-hydroxylation sites is 1. The molecule has 10 nitrogen and oxygen atoms in total.